The van der Waals surface area contributed by atoms with Gasteiger partial charge in [-0.25, -0.2) is 4.39 Å². The third kappa shape index (κ3) is 3.88. The van der Waals surface area contributed by atoms with Gasteiger partial charge in [0.15, 0.2) is 0 Å². The summed E-state index contributed by atoms with van der Waals surface area (Å²) in [6.07, 6.45) is 0.422. The molecule has 0 aromatic heterocycles. The molecule has 0 fully saturated rings. The van der Waals surface area contributed by atoms with Crippen molar-refractivity contribution in [3.63, 3.8) is 0 Å². The molecule has 1 aliphatic heterocycles. The lowest BCUT2D eigenvalue weighted by molar-refractivity contribution is -0.144. The van der Waals surface area contributed by atoms with Crippen LogP contribution in [0.4, 0.5) is 4.39 Å². The Labute approximate surface area is 149 Å². The molecule has 3 rings (SSSR count). The molecule has 0 saturated heterocycles. The minimum atomic E-state index is -0.665. The van der Waals surface area contributed by atoms with E-state index in [-0.39, 0.29) is 30.2 Å². The van der Waals surface area contributed by atoms with E-state index in [2.05, 4.69) is 0 Å². The van der Waals surface area contributed by atoms with E-state index in [9.17, 15) is 18.8 Å². The molecule has 2 amide bonds. The second-order valence-corrected chi connectivity index (χ2v) is 5.62. The van der Waals surface area contributed by atoms with Gasteiger partial charge in [0.1, 0.15) is 18.1 Å². The molecule has 6 nitrogen and oxygen atoms in total. The number of esters is 1. The van der Waals surface area contributed by atoms with Gasteiger partial charge in [-0.1, -0.05) is 12.1 Å². The van der Waals surface area contributed by atoms with E-state index in [0.717, 1.165) is 4.90 Å². The Kier molecular flexibility index (Phi) is 5.26. The number of rotatable bonds is 7. The standard InChI is InChI=1S/C19H16FNO5/c20-13-6-8-14(9-7-13)25-10-3-11-26-17(22)12-21-18(23)15-4-1-2-5-16(15)19(21)24/h1-2,4-9H,3,10-12H2. The third-order valence-electron chi connectivity index (χ3n) is 3.80. The van der Waals surface area contributed by atoms with Crippen molar-refractivity contribution in [2.24, 2.45) is 0 Å². The molecule has 0 radical (unpaired) electrons. The first-order valence-corrected chi connectivity index (χ1v) is 8.05. The number of nitrogens with zero attached hydrogens (tertiary/aromatic N) is 1. The largest absolute Gasteiger partial charge is 0.493 e. The highest BCUT2D eigenvalue weighted by Gasteiger charge is 2.36. The number of carbonyl (C=O) groups excluding carboxylic acids is 3. The van der Waals surface area contributed by atoms with Crippen molar-refractivity contribution < 1.29 is 28.2 Å². The number of benzene rings is 2. The fraction of sp³-hybridized carbons (Fsp3) is 0.211. The fourth-order valence-corrected chi connectivity index (χ4v) is 2.52. The van der Waals surface area contributed by atoms with E-state index >= 15 is 0 Å². The molecular formula is C19H16FNO5. The zero-order valence-electron chi connectivity index (χ0n) is 13.8. The lowest BCUT2D eigenvalue weighted by Gasteiger charge is -2.13. The molecule has 0 spiro atoms. The maximum atomic E-state index is 12.8. The van der Waals surface area contributed by atoms with Crippen LogP contribution in [0, 0.1) is 5.82 Å². The lowest BCUT2D eigenvalue weighted by Crippen LogP contribution is -2.35. The minimum absolute atomic E-state index is 0.0865. The van der Waals surface area contributed by atoms with Gasteiger partial charge in [0.2, 0.25) is 0 Å². The van der Waals surface area contributed by atoms with Crippen molar-refractivity contribution in [3.8, 4) is 5.75 Å². The predicted molar refractivity (Wildman–Crippen MR) is 89.3 cm³/mol. The second kappa shape index (κ2) is 7.77. The number of halogens is 1. The molecule has 1 aliphatic rings. The maximum absolute atomic E-state index is 12.8. The third-order valence-corrected chi connectivity index (χ3v) is 3.80. The SMILES string of the molecule is O=C(CN1C(=O)c2ccccc2C1=O)OCCCOc1ccc(F)cc1. The summed E-state index contributed by atoms with van der Waals surface area (Å²) in [6.45, 7) is -0.0553. The smallest absolute Gasteiger partial charge is 0.326 e. The summed E-state index contributed by atoms with van der Waals surface area (Å²) in [5.74, 6) is -1.49. The number of ether oxygens (including phenoxy) is 2. The van der Waals surface area contributed by atoms with Crippen molar-refractivity contribution in [1.82, 2.24) is 4.90 Å². The van der Waals surface area contributed by atoms with Gasteiger partial charge in [-0.15, -0.1) is 0 Å². The van der Waals surface area contributed by atoms with Crippen LogP contribution in [0.25, 0.3) is 0 Å². The van der Waals surface area contributed by atoms with Gasteiger partial charge >= 0.3 is 5.97 Å². The average molecular weight is 357 g/mol. The summed E-state index contributed by atoms with van der Waals surface area (Å²) >= 11 is 0. The van der Waals surface area contributed by atoms with Crippen molar-refractivity contribution in [2.45, 2.75) is 6.42 Å². The minimum Gasteiger partial charge on any atom is -0.493 e. The molecule has 7 heteroatoms. The quantitative estimate of drug-likeness (QED) is 0.432. The van der Waals surface area contributed by atoms with E-state index in [1.807, 2.05) is 0 Å². The van der Waals surface area contributed by atoms with Crippen LogP contribution in [-0.2, 0) is 9.53 Å². The van der Waals surface area contributed by atoms with Gasteiger partial charge < -0.3 is 9.47 Å². The van der Waals surface area contributed by atoms with E-state index in [1.165, 1.54) is 24.3 Å². The van der Waals surface area contributed by atoms with Gasteiger partial charge in [0.25, 0.3) is 11.8 Å². The first-order valence-electron chi connectivity index (χ1n) is 8.05. The van der Waals surface area contributed by atoms with Crippen molar-refractivity contribution in [2.75, 3.05) is 19.8 Å². The Bertz CT molecular complexity index is 799. The summed E-state index contributed by atoms with van der Waals surface area (Å²) in [5, 5.41) is 0. The second-order valence-electron chi connectivity index (χ2n) is 5.62. The van der Waals surface area contributed by atoms with Crippen LogP contribution in [0.1, 0.15) is 27.1 Å². The summed E-state index contributed by atoms with van der Waals surface area (Å²) < 4.78 is 23.2. The number of imide groups is 1. The lowest BCUT2D eigenvalue weighted by atomic mass is 10.1. The molecule has 0 unspecified atom stereocenters. The van der Waals surface area contributed by atoms with Crippen LogP contribution in [0.15, 0.2) is 48.5 Å². The number of hydrogen-bond donors (Lipinski definition) is 0. The van der Waals surface area contributed by atoms with Crippen LogP contribution < -0.4 is 4.74 Å². The number of amides is 2. The Morgan fingerprint density at radius 3 is 2.15 bits per heavy atom. The molecule has 0 saturated carbocycles. The van der Waals surface area contributed by atoms with E-state index in [0.29, 0.717) is 12.2 Å². The first-order chi connectivity index (χ1) is 12.6. The highest BCUT2D eigenvalue weighted by molar-refractivity contribution is 6.22. The van der Waals surface area contributed by atoms with Crippen molar-refractivity contribution >= 4 is 17.8 Å². The van der Waals surface area contributed by atoms with Gasteiger partial charge in [0, 0.05) is 6.42 Å². The summed E-state index contributed by atoms with van der Waals surface area (Å²) in [5.41, 5.74) is 0.580. The highest BCUT2D eigenvalue weighted by atomic mass is 19.1. The van der Waals surface area contributed by atoms with E-state index in [4.69, 9.17) is 9.47 Å². The van der Waals surface area contributed by atoms with Crippen molar-refractivity contribution in [1.29, 1.82) is 0 Å². The van der Waals surface area contributed by atoms with E-state index in [1.54, 1.807) is 24.3 Å². The first kappa shape index (κ1) is 17.6. The zero-order valence-corrected chi connectivity index (χ0v) is 13.8. The molecule has 1 heterocycles. The fourth-order valence-electron chi connectivity index (χ4n) is 2.52. The highest BCUT2D eigenvalue weighted by Crippen LogP contribution is 2.22. The van der Waals surface area contributed by atoms with Gasteiger partial charge in [-0.3, -0.25) is 19.3 Å². The molecule has 0 bridgehead atoms. The van der Waals surface area contributed by atoms with Crippen molar-refractivity contribution in [3.05, 3.63) is 65.5 Å². The van der Waals surface area contributed by atoms with Crippen LogP contribution in [0.2, 0.25) is 0 Å². The summed E-state index contributed by atoms with van der Waals surface area (Å²) in [4.78, 5) is 37.0. The van der Waals surface area contributed by atoms with Crippen LogP contribution in [0.3, 0.4) is 0 Å². The zero-order chi connectivity index (χ0) is 18.5. The molecule has 2 aromatic rings. The molecular weight excluding hydrogens is 341 g/mol. The maximum Gasteiger partial charge on any atom is 0.326 e. The average Bonchev–Trinajstić information content (AvgIpc) is 2.88. The Hall–Kier alpha value is -3.22. The van der Waals surface area contributed by atoms with Crippen LogP contribution >= 0.6 is 0 Å². The molecule has 134 valence electrons. The number of fused-ring (bicyclic) bond motifs is 1. The van der Waals surface area contributed by atoms with Gasteiger partial charge in [-0.2, -0.15) is 0 Å². The molecule has 0 atom stereocenters. The van der Waals surface area contributed by atoms with Crippen LogP contribution in [-0.4, -0.2) is 42.4 Å². The summed E-state index contributed by atoms with van der Waals surface area (Å²) in [7, 11) is 0. The van der Waals surface area contributed by atoms with Crippen LogP contribution in [0.5, 0.6) is 5.75 Å². The predicted octanol–water partition coefficient (Wildman–Crippen LogP) is 2.43. The molecule has 0 aliphatic carbocycles. The van der Waals surface area contributed by atoms with Gasteiger partial charge in [-0.05, 0) is 36.4 Å². The Morgan fingerprint density at radius 1 is 0.923 bits per heavy atom. The molecule has 2 aromatic carbocycles. The number of carbonyl (C=O) groups is 3. The van der Waals surface area contributed by atoms with E-state index < -0.39 is 24.3 Å². The normalized spacial score (nSPS) is 12.9. The Balaban J connectivity index is 1.40. The molecule has 26 heavy (non-hydrogen) atoms. The number of hydrogen-bond acceptors (Lipinski definition) is 5. The van der Waals surface area contributed by atoms with Gasteiger partial charge in [0.05, 0.1) is 24.3 Å². The molecule has 0 N–H and O–H groups in total. The topological polar surface area (TPSA) is 72.9 Å². The Morgan fingerprint density at radius 2 is 1.54 bits per heavy atom. The monoisotopic (exact) mass is 357 g/mol. The summed E-state index contributed by atoms with van der Waals surface area (Å²) in [6, 6.07) is 12.0.